The van der Waals surface area contributed by atoms with Gasteiger partial charge in [0.25, 0.3) is 0 Å². The molecule has 0 aliphatic carbocycles. The highest BCUT2D eigenvalue weighted by molar-refractivity contribution is 5.44. The molecule has 0 atom stereocenters. The predicted octanol–water partition coefficient (Wildman–Crippen LogP) is -0.167. The van der Waals surface area contributed by atoms with Gasteiger partial charge in [-0.15, -0.1) is 0 Å². The minimum absolute atomic E-state index is 0.570. The van der Waals surface area contributed by atoms with Gasteiger partial charge in [0.15, 0.2) is 0 Å². The van der Waals surface area contributed by atoms with E-state index in [-0.39, 0.29) is 0 Å². The van der Waals surface area contributed by atoms with Crippen molar-refractivity contribution in [1.82, 2.24) is 15.0 Å². The Balaban J connectivity index is 2.18. The minimum Gasteiger partial charge on any atom is -0.383 e. The van der Waals surface area contributed by atoms with Crippen LogP contribution in [0.15, 0.2) is 0 Å². The van der Waals surface area contributed by atoms with Gasteiger partial charge < -0.3 is 24.6 Å². The molecule has 0 bridgehead atoms. The summed E-state index contributed by atoms with van der Waals surface area (Å²) in [6, 6.07) is 0. The summed E-state index contributed by atoms with van der Waals surface area (Å²) in [5.41, 5.74) is 0. The van der Waals surface area contributed by atoms with Gasteiger partial charge in [-0.25, -0.2) is 0 Å². The summed E-state index contributed by atoms with van der Waals surface area (Å²) in [5, 5.41) is 2.98. The predicted molar refractivity (Wildman–Crippen MR) is 77.6 cm³/mol. The normalized spacial score (nSPS) is 15.2. The summed E-state index contributed by atoms with van der Waals surface area (Å²) in [4.78, 5) is 17.4. The van der Waals surface area contributed by atoms with E-state index in [0.29, 0.717) is 37.7 Å². The van der Waals surface area contributed by atoms with Gasteiger partial charge in [0.05, 0.1) is 19.8 Å². The van der Waals surface area contributed by atoms with Crippen molar-refractivity contribution in [1.29, 1.82) is 0 Å². The second kappa shape index (κ2) is 7.20. The van der Waals surface area contributed by atoms with Crippen LogP contribution in [0.2, 0.25) is 0 Å². The number of anilines is 3. The number of aromatic nitrogens is 3. The average molecular weight is 282 g/mol. The van der Waals surface area contributed by atoms with Crippen LogP contribution in [0.25, 0.3) is 0 Å². The number of nitrogens with one attached hydrogen (secondary N) is 1. The van der Waals surface area contributed by atoms with E-state index in [9.17, 15) is 0 Å². The number of ether oxygens (including phenoxy) is 2. The first-order valence-electron chi connectivity index (χ1n) is 6.71. The van der Waals surface area contributed by atoms with Gasteiger partial charge in [-0.05, 0) is 0 Å². The molecular formula is C12H22N6O2. The quantitative estimate of drug-likeness (QED) is 0.771. The van der Waals surface area contributed by atoms with E-state index in [0.717, 1.165) is 19.6 Å². The van der Waals surface area contributed by atoms with E-state index < -0.39 is 0 Å². The summed E-state index contributed by atoms with van der Waals surface area (Å²) in [6.07, 6.45) is 0. The number of rotatable bonds is 6. The van der Waals surface area contributed by atoms with Crippen LogP contribution in [0.5, 0.6) is 0 Å². The average Bonchev–Trinajstić information content (AvgIpc) is 2.52. The van der Waals surface area contributed by atoms with Crippen LogP contribution < -0.4 is 15.1 Å². The van der Waals surface area contributed by atoms with Crippen molar-refractivity contribution < 1.29 is 9.47 Å². The third-order valence-corrected chi connectivity index (χ3v) is 3.10. The third-order valence-electron chi connectivity index (χ3n) is 3.10. The fraction of sp³-hybridized carbons (Fsp3) is 0.750. The molecule has 0 amide bonds. The lowest BCUT2D eigenvalue weighted by Gasteiger charge is -2.27. The molecule has 1 saturated heterocycles. The summed E-state index contributed by atoms with van der Waals surface area (Å²) in [6.45, 7) is 4.36. The van der Waals surface area contributed by atoms with Crippen molar-refractivity contribution in [2.45, 2.75) is 0 Å². The lowest BCUT2D eigenvalue weighted by Crippen LogP contribution is -2.38. The van der Waals surface area contributed by atoms with Crippen LogP contribution in [-0.2, 0) is 9.47 Å². The Bertz CT molecular complexity index is 424. The molecule has 0 aromatic carbocycles. The Kier molecular flexibility index (Phi) is 5.31. The monoisotopic (exact) mass is 282 g/mol. The van der Waals surface area contributed by atoms with Gasteiger partial charge in [0, 0.05) is 40.8 Å². The van der Waals surface area contributed by atoms with Crippen LogP contribution >= 0.6 is 0 Å². The molecule has 0 spiro atoms. The highest BCUT2D eigenvalue weighted by atomic mass is 16.5. The van der Waals surface area contributed by atoms with Gasteiger partial charge in [0.2, 0.25) is 17.8 Å². The number of hydrogen-bond donors (Lipinski definition) is 1. The van der Waals surface area contributed by atoms with E-state index >= 15 is 0 Å². The zero-order chi connectivity index (χ0) is 14.4. The van der Waals surface area contributed by atoms with E-state index in [1.165, 1.54) is 0 Å². The van der Waals surface area contributed by atoms with Crippen molar-refractivity contribution in [3.8, 4) is 0 Å². The molecule has 112 valence electrons. The Labute approximate surface area is 119 Å². The lowest BCUT2D eigenvalue weighted by atomic mass is 10.4. The number of methoxy groups -OCH3 is 1. The van der Waals surface area contributed by atoms with Crippen molar-refractivity contribution in [2.24, 2.45) is 0 Å². The third kappa shape index (κ3) is 3.67. The topological polar surface area (TPSA) is 75.6 Å². The van der Waals surface area contributed by atoms with Crippen molar-refractivity contribution in [2.75, 3.05) is 75.8 Å². The molecule has 1 aromatic rings. The van der Waals surface area contributed by atoms with E-state index in [1.54, 1.807) is 14.2 Å². The Morgan fingerprint density at radius 2 is 2.05 bits per heavy atom. The van der Waals surface area contributed by atoms with Gasteiger partial charge in [-0.1, -0.05) is 0 Å². The smallest absolute Gasteiger partial charge is 0.232 e. The Morgan fingerprint density at radius 1 is 1.30 bits per heavy atom. The standard InChI is InChI=1S/C12H22N6O2/c1-13-10-14-11(17(2)4-7-19-3)16-12(15-10)18-5-8-20-9-6-18/h4-9H2,1-3H3,(H,13,14,15,16). The Hall–Kier alpha value is -1.67. The van der Waals surface area contributed by atoms with Crippen LogP contribution in [0.1, 0.15) is 0 Å². The summed E-state index contributed by atoms with van der Waals surface area (Å²) in [5.74, 6) is 1.90. The van der Waals surface area contributed by atoms with Crippen LogP contribution in [-0.4, -0.2) is 75.6 Å². The van der Waals surface area contributed by atoms with Gasteiger partial charge in [-0.3, -0.25) is 0 Å². The fourth-order valence-corrected chi connectivity index (χ4v) is 1.87. The summed E-state index contributed by atoms with van der Waals surface area (Å²) in [7, 11) is 5.42. The molecule has 20 heavy (non-hydrogen) atoms. The van der Waals surface area contributed by atoms with Crippen LogP contribution in [0, 0.1) is 0 Å². The maximum absolute atomic E-state index is 5.35. The molecule has 0 saturated carbocycles. The molecule has 2 rings (SSSR count). The second-order valence-corrected chi connectivity index (χ2v) is 4.52. The highest BCUT2D eigenvalue weighted by Crippen LogP contribution is 2.16. The molecule has 8 heteroatoms. The van der Waals surface area contributed by atoms with Crippen molar-refractivity contribution >= 4 is 17.8 Å². The molecule has 2 heterocycles. The van der Waals surface area contributed by atoms with Gasteiger partial charge in [0.1, 0.15) is 0 Å². The zero-order valence-corrected chi connectivity index (χ0v) is 12.3. The summed E-state index contributed by atoms with van der Waals surface area (Å²) < 4.78 is 10.4. The largest absolute Gasteiger partial charge is 0.383 e. The molecule has 1 aromatic heterocycles. The van der Waals surface area contributed by atoms with Crippen LogP contribution in [0.4, 0.5) is 17.8 Å². The number of hydrogen-bond acceptors (Lipinski definition) is 8. The van der Waals surface area contributed by atoms with Crippen molar-refractivity contribution in [3.05, 3.63) is 0 Å². The molecule has 8 nitrogen and oxygen atoms in total. The molecule has 1 aliphatic rings. The number of likely N-dealkylation sites (N-methyl/N-ethyl adjacent to an activating group) is 1. The first-order valence-corrected chi connectivity index (χ1v) is 6.71. The molecule has 0 unspecified atom stereocenters. The fourth-order valence-electron chi connectivity index (χ4n) is 1.87. The van der Waals surface area contributed by atoms with Crippen LogP contribution in [0.3, 0.4) is 0 Å². The molecule has 0 radical (unpaired) electrons. The van der Waals surface area contributed by atoms with Gasteiger partial charge >= 0.3 is 0 Å². The maximum Gasteiger partial charge on any atom is 0.232 e. The second-order valence-electron chi connectivity index (χ2n) is 4.52. The maximum atomic E-state index is 5.35. The Morgan fingerprint density at radius 3 is 2.70 bits per heavy atom. The number of morpholine rings is 1. The van der Waals surface area contributed by atoms with E-state index in [1.807, 2.05) is 11.9 Å². The minimum atomic E-state index is 0.570. The molecule has 1 fully saturated rings. The van der Waals surface area contributed by atoms with E-state index in [2.05, 4.69) is 25.2 Å². The first kappa shape index (κ1) is 14.7. The first-order chi connectivity index (χ1) is 9.74. The molecule has 1 aliphatic heterocycles. The molecular weight excluding hydrogens is 260 g/mol. The lowest BCUT2D eigenvalue weighted by molar-refractivity contribution is 0.122. The summed E-state index contributed by atoms with van der Waals surface area (Å²) >= 11 is 0. The van der Waals surface area contributed by atoms with Crippen molar-refractivity contribution in [3.63, 3.8) is 0 Å². The number of nitrogens with zero attached hydrogens (tertiary/aromatic N) is 5. The molecule has 1 N–H and O–H groups in total. The SMILES string of the molecule is CNc1nc(N(C)CCOC)nc(N2CCOCC2)n1. The van der Waals surface area contributed by atoms with Gasteiger partial charge in [-0.2, -0.15) is 15.0 Å². The zero-order valence-electron chi connectivity index (χ0n) is 12.3. The van der Waals surface area contributed by atoms with E-state index in [4.69, 9.17) is 9.47 Å². The highest BCUT2D eigenvalue weighted by Gasteiger charge is 2.17.